The third-order valence-corrected chi connectivity index (χ3v) is 2.02. The summed E-state index contributed by atoms with van der Waals surface area (Å²) >= 11 is 0. The summed E-state index contributed by atoms with van der Waals surface area (Å²) in [6.07, 6.45) is 2.92. The molecule has 0 saturated carbocycles. The van der Waals surface area contributed by atoms with Crippen LogP contribution in [0.15, 0.2) is 10.9 Å². The van der Waals surface area contributed by atoms with Crippen molar-refractivity contribution in [2.45, 2.75) is 32.4 Å². The van der Waals surface area contributed by atoms with Gasteiger partial charge in [0.2, 0.25) is 6.39 Å². The molecule has 0 spiro atoms. The lowest BCUT2D eigenvalue weighted by Crippen LogP contribution is -2.30. The van der Waals surface area contributed by atoms with Crippen molar-refractivity contribution in [3.05, 3.63) is 12.2 Å². The van der Waals surface area contributed by atoms with Crippen molar-refractivity contribution in [1.82, 2.24) is 15.5 Å². The molecule has 0 radical (unpaired) electrons. The Hall–Kier alpha value is -0.980. The summed E-state index contributed by atoms with van der Waals surface area (Å²) in [4.78, 5) is 3.85. The van der Waals surface area contributed by atoms with Crippen LogP contribution < -0.4 is 5.32 Å². The second-order valence-electron chi connectivity index (χ2n) is 3.56. The van der Waals surface area contributed by atoms with Crippen LogP contribution in [0.1, 0.15) is 25.6 Å². The van der Waals surface area contributed by atoms with E-state index in [-0.39, 0.29) is 0 Å². The predicted octanol–water partition coefficient (Wildman–Crippen LogP) is 0.337. The number of nitrogens with zero attached hydrogens (tertiary/aromatic N) is 2. The second-order valence-corrected chi connectivity index (χ2v) is 3.56. The molecule has 0 amide bonds. The molecular weight excluding hydrogens is 210 g/mol. The Balaban J connectivity index is 1.95. The Morgan fingerprint density at radius 2 is 2.50 bits per heavy atom. The van der Waals surface area contributed by atoms with E-state index in [9.17, 15) is 5.11 Å². The highest BCUT2D eigenvalue weighted by atomic mass is 16.5. The quantitative estimate of drug-likeness (QED) is 0.594. The molecule has 0 aromatic carbocycles. The lowest BCUT2D eigenvalue weighted by Gasteiger charge is -2.11. The van der Waals surface area contributed by atoms with E-state index in [0.717, 1.165) is 12.8 Å². The molecule has 0 aliphatic rings. The molecule has 6 heteroatoms. The number of nitrogens with one attached hydrogen (secondary N) is 1. The Labute approximate surface area is 95.0 Å². The van der Waals surface area contributed by atoms with Gasteiger partial charge in [0.1, 0.15) is 0 Å². The maximum Gasteiger partial charge on any atom is 0.213 e. The summed E-state index contributed by atoms with van der Waals surface area (Å²) < 4.78 is 9.86. The molecule has 1 heterocycles. The Morgan fingerprint density at radius 1 is 1.62 bits per heavy atom. The number of hydrogen-bond donors (Lipinski definition) is 2. The molecule has 2 N–H and O–H groups in total. The van der Waals surface area contributed by atoms with Crippen molar-refractivity contribution in [1.29, 1.82) is 0 Å². The summed E-state index contributed by atoms with van der Waals surface area (Å²) in [5.41, 5.74) is 0. The molecule has 0 fully saturated rings. The van der Waals surface area contributed by atoms with E-state index in [1.165, 1.54) is 6.39 Å². The highest BCUT2D eigenvalue weighted by Crippen LogP contribution is 1.91. The van der Waals surface area contributed by atoms with Gasteiger partial charge in [-0.05, 0) is 6.42 Å². The fourth-order valence-corrected chi connectivity index (χ4v) is 1.15. The molecule has 0 aliphatic carbocycles. The zero-order chi connectivity index (χ0) is 11.6. The van der Waals surface area contributed by atoms with Gasteiger partial charge in [-0.15, -0.1) is 0 Å². The normalized spacial score (nSPS) is 12.9. The molecule has 16 heavy (non-hydrogen) atoms. The first-order chi connectivity index (χ1) is 7.83. The van der Waals surface area contributed by atoms with Crippen LogP contribution in [0.2, 0.25) is 0 Å². The van der Waals surface area contributed by atoms with Gasteiger partial charge in [0, 0.05) is 13.2 Å². The first kappa shape index (κ1) is 13.1. The monoisotopic (exact) mass is 229 g/mol. The van der Waals surface area contributed by atoms with Gasteiger partial charge >= 0.3 is 0 Å². The lowest BCUT2D eigenvalue weighted by molar-refractivity contribution is 0.0357. The van der Waals surface area contributed by atoms with Gasteiger partial charge in [0.15, 0.2) is 5.82 Å². The molecule has 1 aromatic heterocycles. The number of ether oxygens (including phenoxy) is 1. The van der Waals surface area contributed by atoms with Crippen LogP contribution in [0.5, 0.6) is 0 Å². The van der Waals surface area contributed by atoms with Crippen LogP contribution >= 0.6 is 0 Å². The first-order valence-corrected chi connectivity index (χ1v) is 5.54. The van der Waals surface area contributed by atoms with E-state index in [1.807, 2.05) is 0 Å². The number of aromatic nitrogens is 2. The fourth-order valence-electron chi connectivity index (χ4n) is 1.15. The summed E-state index contributed by atoms with van der Waals surface area (Å²) in [5, 5.41) is 16.2. The summed E-state index contributed by atoms with van der Waals surface area (Å²) in [7, 11) is 0. The van der Waals surface area contributed by atoms with Crippen LogP contribution in [0.3, 0.4) is 0 Å². The average Bonchev–Trinajstić information content (AvgIpc) is 2.77. The minimum atomic E-state index is -0.497. The van der Waals surface area contributed by atoms with E-state index in [4.69, 9.17) is 4.74 Å². The summed E-state index contributed by atoms with van der Waals surface area (Å²) in [5.74, 6) is 0.583. The van der Waals surface area contributed by atoms with E-state index < -0.39 is 6.10 Å². The molecule has 1 atom stereocenters. The zero-order valence-corrected chi connectivity index (χ0v) is 9.56. The molecule has 1 unspecified atom stereocenters. The van der Waals surface area contributed by atoms with E-state index in [2.05, 4.69) is 26.9 Å². The van der Waals surface area contributed by atoms with Crippen LogP contribution in [-0.4, -0.2) is 41.1 Å². The van der Waals surface area contributed by atoms with Crippen molar-refractivity contribution in [2.24, 2.45) is 0 Å². The number of unbranched alkanes of at least 4 members (excludes halogenated alkanes) is 1. The molecule has 1 aromatic rings. The van der Waals surface area contributed by atoms with Gasteiger partial charge in [-0.3, -0.25) is 0 Å². The number of aliphatic hydroxyl groups excluding tert-OH is 1. The van der Waals surface area contributed by atoms with Crippen LogP contribution in [0.25, 0.3) is 0 Å². The first-order valence-electron chi connectivity index (χ1n) is 5.54. The molecule has 0 saturated heterocycles. The Kier molecular flexibility index (Phi) is 6.71. The van der Waals surface area contributed by atoms with Crippen LogP contribution in [0, 0.1) is 0 Å². The maximum atomic E-state index is 9.53. The van der Waals surface area contributed by atoms with Gasteiger partial charge in [-0.2, -0.15) is 4.98 Å². The number of rotatable bonds is 9. The minimum absolute atomic E-state index is 0.360. The highest BCUT2D eigenvalue weighted by molar-refractivity contribution is 4.76. The number of aliphatic hydroxyl groups is 1. The van der Waals surface area contributed by atoms with Crippen molar-refractivity contribution in [3.8, 4) is 0 Å². The van der Waals surface area contributed by atoms with Gasteiger partial charge in [0.25, 0.3) is 0 Å². The van der Waals surface area contributed by atoms with Crippen molar-refractivity contribution in [2.75, 3.05) is 19.8 Å². The van der Waals surface area contributed by atoms with Gasteiger partial charge in [0.05, 0.1) is 19.3 Å². The van der Waals surface area contributed by atoms with Gasteiger partial charge in [-0.1, -0.05) is 18.5 Å². The second kappa shape index (κ2) is 8.20. The summed E-state index contributed by atoms with van der Waals surface area (Å²) in [6, 6.07) is 0. The third-order valence-electron chi connectivity index (χ3n) is 2.02. The largest absolute Gasteiger partial charge is 0.389 e. The molecule has 0 aliphatic heterocycles. The molecule has 1 rings (SSSR count). The number of hydrogen-bond acceptors (Lipinski definition) is 6. The predicted molar refractivity (Wildman–Crippen MR) is 57.7 cm³/mol. The summed E-state index contributed by atoms with van der Waals surface area (Å²) in [6.45, 7) is 4.12. The molecule has 92 valence electrons. The minimum Gasteiger partial charge on any atom is -0.389 e. The standard InChI is InChI=1S/C10H19N3O3/c1-2-3-4-15-7-9(14)5-11-6-10-12-8-16-13-10/h8-9,11,14H,2-7H2,1H3. The van der Waals surface area contributed by atoms with Crippen LogP contribution in [0.4, 0.5) is 0 Å². The van der Waals surface area contributed by atoms with Crippen molar-refractivity contribution >= 4 is 0 Å². The molecular formula is C10H19N3O3. The van der Waals surface area contributed by atoms with E-state index in [1.54, 1.807) is 0 Å². The zero-order valence-electron chi connectivity index (χ0n) is 9.56. The molecule has 6 nitrogen and oxygen atoms in total. The Bertz CT molecular complexity index is 254. The Morgan fingerprint density at radius 3 is 3.19 bits per heavy atom. The van der Waals surface area contributed by atoms with E-state index >= 15 is 0 Å². The smallest absolute Gasteiger partial charge is 0.213 e. The highest BCUT2D eigenvalue weighted by Gasteiger charge is 2.04. The molecule has 0 bridgehead atoms. The van der Waals surface area contributed by atoms with Gasteiger partial charge in [-0.25, -0.2) is 0 Å². The topological polar surface area (TPSA) is 80.4 Å². The van der Waals surface area contributed by atoms with E-state index in [0.29, 0.717) is 32.1 Å². The maximum absolute atomic E-state index is 9.53. The average molecular weight is 229 g/mol. The van der Waals surface area contributed by atoms with Crippen LogP contribution in [-0.2, 0) is 11.3 Å². The fraction of sp³-hybridized carbons (Fsp3) is 0.800. The van der Waals surface area contributed by atoms with Crippen molar-refractivity contribution in [3.63, 3.8) is 0 Å². The van der Waals surface area contributed by atoms with Gasteiger partial charge < -0.3 is 19.7 Å². The lowest BCUT2D eigenvalue weighted by atomic mass is 10.3. The van der Waals surface area contributed by atoms with Crippen molar-refractivity contribution < 1.29 is 14.4 Å². The SMILES string of the molecule is CCCCOCC(O)CNCc1ncon1. The third kappa shape index (κ3) is 5.79.